The summed E-state index contributed by atoms with van der Waals surface area (Å²) in [6.07, 6.45) is 0.941. The fraction of sp³-hybridized carbons (Fsp3) is 0.875. The van der Waals surface area contributed by atoms with Crippen LogP contribution in [0.1, 0.15) is 12.8 Å². The first-order chi connectivity index (χ1) is 6.88. The van der Waals surface area contributed by atoms with Gasteiger partial charge in [-0.15, -0.1) is 0 Å². The first kappa shape index (κ1) is 16.9. The Morgan fingerprint density at radius 3 is 2.25 bits per heavy atom. The van der Waals surface area contributed by atoms with Gasteiger partial charge in [0.1, 0.15) is 0 Å². The summed E-state index contributed by atoms with van der Waals surface area (Å²) in [7, 11) is 1.32. The predicted octanol–water partition coefficient (Wildman–Crippen LogP) is -2.07. The van der Waals surface area contributed by atoms with Gasteiger partial charge in [-0.2, -0.15) is 0 Å². The normalized spacial score (nSPS) is 16.4. The Bertz CT molecular complexity index is 234. The summed E-state index contributed by atoms with van der Waals surface area (Å²) in [5, 5.41) is 0. The van der Waals surface area contributed by atoms with E-state index < -0.39 is 13.4 Å². The van der Waals surface area contributed by atoms with Gasteiger partial charge in [0.05, 0.1) is 6.54 Å². The summed E-state index contributed by atoms with van der Waals surface area (Å²) < 4.78 is 36.1. The number of likely N-dealkylation sites (N-methyl/N-ethyl adjacent to an activating group) is 1. The Balaban J connectivity index is 0.00000225. The fourth-order valence-electron chi connectivity index (χ4n) is 1.72. The second-order valence-electron chi connectivity index (χ2n) is 3.99. The molecule has 16 heavy (non-hydrogen) atoms. The Hall–Kier alpha value is 0.921. The SMILES string of the molecule is CN(CC(=O)N1CCCC1)C[B-](F)(F)F.[K+]. The summed E-state index contributed by atoms with van der Waals surface area (Å²) in [5.41, 5.74) is 0. The van der Waals surface area contributed by atoms with E-state index >= 15 is 0 Å². The van der Waals surface area contributed by atoms with Gasteiger partial charge in [-0.3, -0.25) is 4.79 Å². The van der Waals surface area contributed by atoms with Gasteiger partial charge >= 0.3 is 58.4 Å². The van der Waals surface area contributed by atoms with Crippen LogP contribution in [0.3, 0.4) is 0 Å². The van der Waals surface area contributed by atoms with Gasteiger partial charge in [0, 0.05) is 13.1 Å². The number of carbonyl (C=O) groups excluding carboxylic acids is 1. The Morgan fingerprint density at radius 1 is 1.31 bits per heavy atom. The third kappa shape index (κ3) is 6.61. The third-order valence-electron chi connectivity index (χ3n) is 2.38. The van der Waals surface area contributed by atoms with Crippen LogP contribution < -0.4 is 51.4 Å². The number of amides is 1. The van der Waals surface area contributed by atoms with Crippen molar-refractivity contribution in [1.82, 2.24) is 9.80 Å². The Labute approximate surface area is 136 Å². The molecule has 0 unspecified atom stereocenters. The molecular formula is C8H15BF3KN2O. The zero-order valence-corrected chi connectivity index (χ0v) is 12.9. The molecule has 1 saturated heterocycles. The third-order valence-corrected chi connectivity index (χ3v) is 2.38. The first-order valence-corrected chi connectivity index (χ1v) is 5.06. The molecule has 1 aliphatic rings. The van der Waals surface area contributed by atoms with Crippen molar-refractivity contribution < 1.29 is 69.1 Å². The van der Waals surface area contributed by atoms with Gasteiger partial charge in [-0.25, -0.2) is 0 Å². The number of likely N-dealkylation sites (tertiary alicyclic amines) is 1. The minimum absolute atomic E-state index is 0. The maximum Gasteiger partial charge on any atom is 1.00 e. The number of nitrogens with zero attached hydrogens (tertiary/aromatic N) is 2. The van der Waals surface area contributed by atoms with Crippen molar-refractivity contribution in [1.29, 1.82) is 0 Å². The average Bonchev–Trinajstić information content (AvgIpc) is 2.50. The molecule has 1 aliphatic heterocycles. The second-order valence-corrected chi connectivity index (χ2v) is 3.99. The molecule has 0 aliphatic carbocycles. The van der Waals surface area contributed by atoms with Crippen LogP contribution in [-0.2, 0) is 4.79 Å². The molecule has 0 aromatic carbocycles. The van der Waals surface area contributed by atoms with Crippen LogP contribution in [-0.4, -0.2) is 55.8 Å². The number of halogens is 3. The number of carbonyl (C=O) groups is 1. The van der Waals surface area contributed by atoms with Crippen LogP contribution in [0.5, 0.6) is 0 Å². The van der Waals surface area contributed by atoms with E-state index in [9.17, 15) is 17.7 Å². The number of hydrogen-bond acceptors (Lipinski definition) is 2. The van der Waals surface area contributed by atoms with Crippen molar-refractivity contribution >= 4 is 12.9 Å². The van der Waals surface area contributed by atoms with Gasteiger partial charge in [-0.1, -0.05) is 0 Å². The zero-order chi connectivity index (χ0) is 11.5. The minimum Gasteiger partial charge on any atom is -0.448 e. The quantitative estimate of drug-likeness (QED) is 0.544. The molecule has 0 radical (unpaired) electrons. The largest absolute Gasteiger partial charge is 1.00 e. The van der Waals surface area contributed by atoms with Crippen LogP contribution in [0.25, 0.3) is 0 Å². The molecule has 1 rings (SSSR count). The van der Waals surface area contributed by atoms with Crippen LogP contribution in [0.15, 0.2) is 0 Å². The molecule has 3 nitrogen and oxygen atoms in total. The molecule has 1 heterocycles. The van der Waals surface area contributed by atoms with E-state index in [0.717, 1.165) is 17.7 Å². The van der Waals surface area contributed by atoms with Crippen LogP contribution in [0, 0.1) is 0 Å². The standard InChI is InChI=1S/C8H15BF3N2O.K/c1-13(7-9(10,11)12)6-8(15)14-4-2-3-5-14;/h2-7H2,1H3;/q-1;+1. The monoisotopic (exact) mass is 262 g/mol. The number of hydrogen-bond donors (Lipinski definition) is 0. The maximum absolute atomic E-state index is 12.0. The molecule has 0 N–H and O–H groups in total. The summed E-state index contributed by atoms with van der Waals surface area (Å²) in [5.74, 6) is -0.199. The molecule has 8 heteroatoms. The van der Waals surface area contributed by atoms with Crippen molar-refractivity contribution in [3.63, 3.8) is 0 Å². The first-order valence-electron chi connectivity index (χ1n) is 5.06. The van der Waals surface area contributed by atoms with Crippen molar-refractivity contribution in [3.05, 3.63) is 0 Å². The second kappa shape index (κ2) is 7.38. The topological polar surface area (TPSA) is 23.6 Å². The van der Waals surface area contributed by atoms with E-state index in [1.807, 2.05) is 0 Å². The summed E-state index contributed by atoms with van der Waals surface area (Å²) in [6, 6.07) is 0. The van der Waals surface area contributed by atoms with Crippen molar-refractivity contribution in [2.45, 2.75) is 12.8 Å². The molecule has 1 amide bonds. The van der Waals surface area contributed by atoms with E-state index in [-0.39, 0.29) is 63.8 Å². The van der Waals surface area contributed by atoms with Crippen LogP contribution >= 0.6 is 0 Å². The molecule has 88 valence electrons. The fourth-order valence-corrected chi connectivity index (χ4v) is 1.72. The van der Waals surface area contributed by atoms with Gasteiger partial charge in [0.2, 0.25) is 5.91 Å². The number of rotatable bonds is 4. The van der Waals surface area contributed by atoms with Crippen molar-refractivity contribution in [2.75, 3.05) is 33.1 Å². The molecular weight excluding hydrogens is 247 g/mol. The Morgan fingerprint density at radius 2 is 1.81 bits per heavy atom. The molecule has 0 spiro atoms. The summed E-state index contributed by atoms with van der Waals surface area (Å²) in [4.78, 5) is 14.1. The van der Waals surface area contributed by atoms with E-state index in [4.69, 9.17) is 0 Å². The van der Waals surface area contributed by atoms with Crippen LogP contribution in [0.4, 0.5) is 12.9 Å². The summed E-state index contributed by atoms with van der Waals surface area (Å²) in [6.45, 7) is -3.61. The van der Waals surface area contributed by atoms with E-state index in [2.05, 4.69) is 0 Å². The minimum atomic E-state index is -4.84. The van der Waals surface area contributed by atoms with E-state index in [0.29, 0.717) is 13.1 Å². The van der Waals surface area contributed by atoms with Crippen molar-refractivity contribution in [2.24, 2.45) is 0 Å². The van der Waals surface area contributed by atoms with E-state index in [1.165, 1.54) is 7.05 Å². The van der Waals surface area contributed by atoms with E-state index in [1.54, 1.807) is 4.90 Å². The van der Waals surface area contributed by atoms with Gasteiger partial charge in [0.15, 0.2) is 0 Å². The van der Waals surface area contributed by atoms with Gasteiger partial charge in [0.25, 0.3) is 0 Å². The molecule has 0 aromatic rings. The average molecular weight is 262 g/mol. The molecule has 0 atom stereocenters. The molecule has 0 saturated carbocycles. The van der Waals surface area contributed by atoms with Crippen molar-refractivity contribution in [3.8, 4) is 0 Å². The van der Waals surface area contributed by atoms with Gasteiger partial charge in [-0.05, 0) is 26.3 Å². The summed E-state index contributed by atoms with van der Waals surface area (Å²) >= 11 is 0. The van der Waals surface area contributed by atoms with Gasteiger partial charge < -0.3 is 22.7 Å². The zero-order valence-electron chi connectivity index (χ0n) is 9.76. The predicted molar refractivity (Wildman–Crippen MR) is 52.4 cm³/mol. The molecule has 0 aromatic heterocycles. The molecule has 1 fully saturated rings. The smallest absolute Gasteiger partial charge is 0.448 e. The molecule has 0 bridgehead atoms. The maximum atomic E-state index is 12.0. The Kier molecular flexibility index (Phi) is 7.80. The van der Waals surface area contributed by atoms with Crippen LogP contribution in [0.2, 0.25) is 0 Å².